The number of aromatic nitrogens is 2. The fourth-order valence-corrected chi connectivity index (χ4v) is 3.44. The van der Waals surface area contributed by atoms with Gasteiger partial charge in [0.25, 0.3) is 5.56 Å². The van der Waals surface area contributed by atoms with Crippen LogP contribution in [-0.2, 0) is 17.8 Å². The van der Waals surface area contributed by atoms with E-state index in [1.807, 2.05) is 24.3 Å². The zero-order valence-electron chi connectivity index (χ0n) is 15.6. The lowest BCUT2D eigenvalue weighted by Gasteiger charge is -2.26. The molecule has 0 aliphatic carbocycles. The predicted octanol–water partition coefficient (Wildman–Crippen LogP) is 1.77. The van der Waals surface area contributed by atoms with Crippen LogP contribution in [0.1, 0.15) is 5.56 Å². The number of hydrogen-bond donors (Lipinski definition) is 1. The van der Waals surface area contributed by atoms with Gasteiger partial charge in [-0.25, -0.2) is 4.98 Å². The van der Waals surface area contributed by atoms with Crippen molar-refractivity contribution in [2.24, 2.45) is 5.92 Å². The summed E-state index contributed by atoms with van der Waals surface area (Å²) in [6.07, 6.45) is 2.21. The largest absolute Gasteiger partial charge is 0.493 e. The number of ether oxygens (including phenoxy) is 2. The summed E-state index contributed by atoms with van der Waals surface area (Å²) in [6.45, 7) is 0.922. The van der Waals surface area contributed by atoms with Crippen molar-refractivity contribution in [2.45, 2.75) is 13.0 Å². The van der Waals surface area contributed by atoms with Crippen molar-refractivity contribution >= 4 is 16.8 Å². The van der Waals surface area contributed by atoms with Crippen LogP contribution < -0.4 is 20.3 Å². The average molecular weight is 379 g/mol. The summed E-state index contributed by atoms with van der Waals surface area (Å²) in [6, 6.07) is 12.9. The van der Waals surface area contributed by atoms with Crippen molar-refractivity contribution in [3.8, 4) is 11.5 Å². The molecule has 4 rings (SSSR count). The normalized spacial score (nSPS) is 15.5. The Balaban J connectivity index is 1.38. The van der Waals surface area contributed by atoms with Gasteiger partial charge in [0.05, 0.1) is 30.9 Å². The van der Waals surface area contributed by atoms with Gasteiger partial charge in [-0.05, 0) is 30.2 Å². The van der Waals surface area contributed by atoms with Gasteiger partial charge in [0.15, 0.2) is 11.5 Å². The summed E-state index contributed by atoms with van der Waals surface area (Å²) in [5, 5.41) is 3.40. The van der Waals surface area contributed by atoms with Gasteiger partial charge in [0.1, 0.15) is 6.54 Å². The topological polar surface area (TPSA) is 82.4 Å². The lowest BCUT2D eigenvalue weighted by atomic mass is 9.96. The molecule has 0 fully saturated rings. The molecule has 1 aliphatic rings. The smallest absolute Gasteiger partial charge is 0.261 e. The summed E-state index contributed by atoms with van der Waals surface area (Å²) in [4.78, 5) is 29.0. The Hall–Kier alpha value is -3.35. The summed E-state index contributed by atoms with van der Waals surface area (Å²) in [5.41, 5.74) is 1.47. The summed E-state index contributed by atoms with van der Waals surface area (Å²) in [7, 11) is 1.62. The number of fused-ring (bicyclic) bond motifs is 2. The van der Waals surface area contributed by atoms with E-state index in [0.29, 0.717) is 24.1 Å². The molecule has 7 nitrogen and oxygen atoms in total. The zero-order valence-corrected chi connectivity index (χ0v) is 15.6. The van der Waals surface area contributed by atoms with Crippen LogP contribution in [0.15, 0.2) is 53.6 Å². The van der Waals surface area contributed by atoms with Gasteiger partial charge in [0, 0.05) is 12.5 Å². The molecule has 0 saturated heterocycles. The van der Waals surface area contributed by atoms with Crippen LogP contribution in [0, 0.1) is 5.92 Å². The molecule has 1 aromatic heterocycles. The molecule has 2 aromatic carbocycles. The second-order valence-corrected chi connectivity index (χ2v) is 6.83. The number of carbonyl (C=O) groups excluding carboxylic acids is 1. The Morgan fingerprint density at radius 3 is 3.00 bits per heavy atom. The number of hydrogen-bond acceptors (Lipinski definition) is 5. The lowest BCUT2D eigenvalue weighted by Crippen LogP contribution is -2.38. The van der Waals surface area contributed by atoms with Gasteiger partial charge in [-0.2, -0.15) is 0 Å². The highest BCUT2D eigenvalue weighted by Gasteiger charge is 2.23. The average Bonchev–Trinajstić information content (AvgIpc) is 2.73. The molecule has 0 bridgehead atoms. The second-order valence-electron chi connectivity index (χ2n) is 6.83. The first-order chi connectivity index (χ1) is 13.7. The van der Waals surface area contributed by atoms with Crippen molar-refractivity contribution in [3.63, 3.8) is 0 Å². The van der Waals surface area contributed by atoms with Gasteiger partial charge in [-0.1, -0.05) is 24.3 Å². The number of nitrogens with one attached hydrogen (secondary N) is 1. The molecule has 28 heavy (non-hydrogen) atoms. The van der Waals surface area contributed by atoms with E-state index >= 15 is 0 Å². The fourth-order valence-electron chi connectivity index (χ4n) is 3.44. The highest BCUT2D eigenvalue weighted by atomic mass is 16.5. The first-order valence-electron chi connectivity index (χ1n) is 9.15. The van der Waals surface area contributed by atoms with Gasteiger partial charge >= 0.3 is 0 Å². The molecule has 3 aromatic rings. The summed E-state index contributed by atoms with van der Waals surface area (Å²) < 4.78 is 12.5. The second kappa shape index (κ2) is 7.72. The van der Waals surface area contributed by atoms with Crippen molar-refractivity contribution in [1.82, 2.24) is 14.9 Å². The molecule has 7 heteroatoms. The van der Waals surface area contributed by atoms with Crippen molar-refractivity contribution in [2.75, 3.05) is 20.3 Å². The fraction of sp³-hybridized carbons (Fsp3) is 0.286. The molecule has 1 N–H and O–H groups in total. The number of amides is 1. The maximum absolute atomic E-state index is 12.5. The highest BCUT2D eigenvalue weighted by Crippen LogP contribution is 2.35. The van der Waals surface area contributed by atoms with E-state index in [2.05, 4.69) is 10.3 Å². The first-order valence-corrected chi connectivity index (χ1v) is 9.15. The van der Waals surface area contributed by atoms with Gasteiger partial charge in [0.2, 0.25) is 5.91 Å². The van der Waals surface area contributed by atoms with Crippen LogP contribution in [-0.4, -0.2) is 35.7 Å². The van der Waals surface area contributed by atoms with Gasteiger partial charge < -0.3 is 14.8 Å². The van der Waals surface area contributed by atoms with E-state index in [9.17, 15) is 9.59 Å². The Morgan fingerprint density at radius 2 is 2.14 bits per heavy atom. The number of benzene rings is 2. The Morgan fingerprint density at radius 1 is 1.29 bits per heavy atom. The molecule has 1 amide bonds. The molecular weight excluding hydrogens is 358 g/mol. The van der Waals surface area contributed by atoms with E-state index in [1.54, 1.807) is 25.3 Å². The first kappa shape index (κ1) is 18.0. The van der Waals surface area contributed by atoms with Crippen LogP contribution in [0.25, 0.3) is 10.9 Å². The van der Waals surface area contributed by atoms with Gasteiger partial charge in [-0.3, -0.25) is 14.2 Å². The number of rotatable bonds is 5. The standard InChI is InChI=1S/C21H21N3O4/c1-27-18-8-4-5-15-9-14(12-28-20(15)18)10-22-19(25)11-24-13-23-17-7-3-2-6-16(17)21(24)26/h2-8,13-14H,9-12H2,1H3,(H,22,25)/t14-/m1/s1. The lowest BCUT2D eigenvalue weighted by molar-refractivity contribution is -0.122. The molecule has 1 aliphatic heterocycles. The number of para-hydroxylation sites is 2. The molecular formula is C21H21N3O4. The minimum Gasteiger partial charge on any atom is -0.493 e. The number of carbonyl (C=O) groups is 1. The van der Waals surface area contributed by atoms with Gasteiger partial charge in [-0.15, -0.1) is 0 Å². The van der Waals surface area contributed by atoms with E-state index in [-0.39, 0.29) is 23.9 Å². The van der Waals surface area contributed by atoms with Crippen LogP contribution in [0.2, 0.25) is 0 Å². The SMILES string of the molecule is COc1cccc2c1OC[C@@H](CNC(=O)Cn1cnc3ccccc3c1=O)C2. The molecule has 0 saturated carbocycles. The molecule has 144 valence electrons. The summed E-state index contributed by atoms with van der Waals surface area (Å²) in [5.74, 6) is 1.44. The monoisotopic (exact) mass is 379 g/mol. The van der Waals surface area contributed by atoms with Crippen LogP contribution >= 0.6 is 0 Å². The summed E-state index contributed by atoms with van der Waals surface area (Å²) >= 11 is 0. The van der Waals surface area contributed by atoms with E-state index in [1.165, 1.54) is 10.9 Å². The minimum absolute atomic E-state index is 0.0609. The highest BCUT2D eigenvalue weighted by molar-refractivity contribution is 5.78. The molecule has 0 radical (unpaired) electrons. The Bertz CT molecular complexity index is 1080. The van der Waals surface area contributed by atoms with E-state index < -0.39 is 0 Å². The quantitative estimate of drug-likeness (QED) is 0.731. The Kier molecular flexibility index (Phi) is 4.97. The van der Waals surface area contributed by atoms with Crippen molar-refractivity contribution in [3.05, 3.63) is 64.7 Å². The third-order valence-electron chi connectivity index (χ3n) is 4.89. The maximum Gasteiger partial charge on any atom is 0.261 e. The number of nitrogens with zero attached hydrogens (tertiary/aromatic N) is 2. The molecule has 2 heterocycles. The number of methoxy groups -OCH3 is 1. The maximum atomic E-state index is 12.5. The van der Waals surface area contributed by atoms with Crippen molar-refractivity contribution in [1.29, 1.82) is 0 Å². The van der Waals surface area contributed by atoms with Crippen LogP contribution in [0.3, 0.4) is 0 Å². The predicted molar refractivity (Wildman–Crippen MR) is 105 cm³/mol. The Labute approximate surface area is 161 Å². The van der Waals surface area contributed by atoms with E-state index in [0.717, 1.165) is 23.5 Å². The van der Waals surface area contributed by atoms with Crippen molar-refractivity contribution < 1.29 is 14.3 Å². The molecule has 0 unspecified atom stereocenters. The molecule has 1 atom stereocenters. The third kappa shape index (κ3) is 3.55. The third-order valence-corrected chi connectivity index (χ3v) is 4.89. The molecule has 0 spiro atoms. The van der Waals surface area contributed by atoms with Crippen LogP contribution in [0.4, 0.5) is 0 Å². The zero-order chi connectivity index (χ0) is 19.5. The minimum atomic E-state index is -0.226. The van der Waals surface area contributed by atoms with Crippen LogP contribution in [0.5, 0.6) is 11.5 Å². The van der Waals surface area contributed by atoms with E-state index in [4.69, 9.17) is 9.47 Å².